The minimum atomic E-state index is -0.288. The average Bonchev–Trinajstić information content (AvgIpc) is 2.73. The number of hydrogen-bond donors (Lipinski definition) is 1. The van der Waals surface area contributed by atoms with E-state index in [1.807, 2.05) is 66.4 Å². The van der Waals surface area contributed by atoms with Gasteiger partial charge in [-0.15, -0.1) is 0 Å². The van der Waals surface area contributed by atoms with E-state index in [9.17, 15) is 9.59 Å². The molecule has 2 aromatic rings. The lowest BCUT2D eigenvalue weighted by molar-refractivity contribution is -0.121. The first kappa shape index (κ1) is 18.9. The highest BCUT2D eigenvalue weighted by Crippen LogP contribution is 2.23. The number of amides is 2. The quantitative estimate of drug-likeness (QED) is 0.882. The third-order valence-electron chi connectivity index (χ3n) is 4.91. The number of nitrogens with zero attached hydrogens (tertiary/aromatic N) is 2. The van der Waals surface area contributed by atoms with Gasteiger partial charge in [-0.25, -0.2) is 0 Å². The van der Waals surface area contributed by atoms with E-state index in [0.717, 1.165) is 0 Å². The molecule has 6 nitrogen and oxygen atoms in total. The van der Waals surface area contributed by atoms with Crippen LogP contribution < -0.4 is 10.1 Å². The SMILES string of the molecule is COc1ccccc1NC(=O)[C@@H](C)N1CCN(C(=O)c2ccccc2)CC1. The largest absolute Gasteiger partial charge is 0.495 e. The second kappa shape index (κ2) is 8.68. The summed E-state index contributed by atoms with van der Waals surface area (Å²) >= 11 is 0. The van der Waals surface area contributed by atoms with Crippen LogP contribution in [0, 0.1) is 0 Å². The van der Waals surface area contributed by atoms with Gasteiger partial charge >= 0.3 is 0 Å². The molecule has 1 fully saturated rings. The van der Waals surface area contributed by atoms with Gasteiger partial charge in [-0.2, -0.15) is 0 Å². The fourth-order valence-electron chi connectivity index (χ4n) is 3.23. The lowest BCUT2D eigenvalue weighted by atomic mass is 10.1. The smallest absolute Gasteiger partial charge is 0.253 e. The van der Waals surface area contributed by atoms with Crippen LogP contribution in [0.15, 0.2) is 54.6 Å². The number of hydrogen-bond acceptors (Lipinski definition) is 4. The Bertz CT molecular complexity index is 786. The predicted molar refractivity (Wildman–Crippen MR) is 105 cm³/mol. The molecule has 1 heterocycles. The molecule has 0 bridgehead atoms. The first-order valence-electron chi connectivity index (χ1n) is 9.12. The van der Waals surface area contributed by atoms with Crippen molar-refractivity contribution in [1.82, 2.24) is 9.80 Å². The van der Waals surface area contributed by atoms with Gasteiger partial charge in [-0.1, -0.05) is 30.3 Å². The van der Waals surface area contributed by atoms with Crippen molar-refractivity contribution in [1.29, 1.82) is 0 Å². The number of carbonyl (C=O) groups is 2. The Morgan fingerprint density at radius 1 is 0.963 bits per heavy atom. The number of para-hydroxylation sites is 2. The van der Waals surface area contributed by atoms with Gasteiger partial charge < -0.3 is 15.0 Å². The normalized spacial score (nSPS) is 15.9. The number of benzene rings is 2. The van der Waals surface area contributed by atoms with Crippen LogP contribution in [-0.2, 0) is 4.79 Å². The van der Waals surface area contributed by atoms with Crippen molar-refractivity contribution in [2.75, 3.05) is 38.6 Å². The molecule has 1 saturated heterocycles. The van der Waals surface area contributed by atoms with E-state index in [0.29, 0.717) is 43.2 Å². The van der Waals surface area contributed by atoms with Crippen LogP contribution >= 0.6 is 0 Å². The van der Waals surface area contributed by atoms with Gasteiger partial charge in [0.25, 0.3) is 5.91 Å². The Labute approximate surface area is 159 Å². The summed E-state index contributed by atoms with van der Waals surface area (Å²) in [6.07, 6.45) is 0. The Kier molecular flexibility index (Phi) is 6.08. The van der Waals surface area contributed by atoms with Gasteiger partial charge in [0, 0.05) is 31.7 Å². The minimum Gasteiger partial charge on any atom is -0.495 e. The van der Waals surface area contributed by atoms with Crippen molar-refractivity contribution in [2.24, 2.45) is 0 Å². The molecular weight excluding hydrogens is 342 g/mol. The average molecular weight is 367 g/mol. The molecule has 1 N–H and O–H groups in total. The van der Waals surface area contributed by atoms with Gasteiger partial charge in [-0.3, -0.25) is 14.5 Å². The van der Waals surface area contributed by atoms with Crippen LogP contribution in [0.5, 0.6) is 5.75 Å². The number of methoxy groups -OCH3 is 1. The van der Waals surface area contributed by atoms with Crippen molar-refractivity contribution < 1.29 is 14.3 Å². The molecule has 1 aliphatic rings. The first-order chi connectivity index (χ1) is 13.1. The van der Waals surface area contributed by atoms with Crippen LogP contribution in [0.4, 0.5) is 5.69 Å². The van der Waals surface area contributed by atoms with Crippen LogP contribution in [0.3, 0.4) is 0 Å². The summed E-state index contributed by atoms with van der Waals surface area (Å²) in [6.45, 7) is 4.44. The highest BCUT2D eigenvalue weighted by atomic mass is 16.5. The molecule has 1 aliphatic heterocycles. The molecule has 0 aliphatic carbocycles. The first-order valence-corrected chi connectivity index (χ1v) is 9.12. The Hall–Kier alpha value is -2.86. The summed E-state index contributed by atoms with van der Waals surface area (Å²) in [5.41, 5.74) is 1.36. The summed E-state index contributed by atoms with van der Waals surface area (Å²) in [5.74, 6) is 0.597. The number of anilines is 1. The van der Waals surface area contributed by atoms with Gasteiger partial charge in [0.1, 0.15) is 5.75 Å². The third-order valence-corrected chi connectivity index (χ3v) is 4.91. The fraction of sp³-hybridized carbons (Fsp3) is 0.333. The molecule has 1 atom stereocenters. The third kappa shape index (κ3) is 4.46. The van der Waals surface area contributed by atoms with E-state index in [1.165, 1.54) is 0 Å². The van der Waals surface area contributed by atoms with Crippen LogP contribution in [0.2, 0.25) is 0 Å². The molecule has 142 valence electrons. The Morgan fingerprint density at radius 2 is 1.59 bits per heavy atom. The molecule has 2 amide bonds. The maximum absolute atomic E-state index is 12.6. The fourth-order valence-corrected chi connectivity index (χ4v) is 3.23. The van der Waals surface area contributed by atoms with E-state index >= 15 is 0 Å². The molecule has 0 spiro atoms. The van der Waals surface area contributed by atoms with Crippen molar-refractivity contribution in [3.05, 3.63) is 60.2 Å². The van der Waals surface area contributed by atoms with Crippen LogP contribution in [0.25, 0.3) is 0 Å². The number of ether oxygens (including phenoxy) is 1. The van der Waals surface area contributed by atoms with Crippen molar-refractivity contribution in [3.8, 4) is 5.75 Å². The van der Waals surface area contributed by atoms with E-state index in [-0.39, 0.29) is 17.9 Å². The van der Waals surface area contributed by atoms with E-state index < -0.39 is 0 Å². The molecule has 0 radical (unpaired) electrons. The van der Waals surface area contributed by atoms with Crippen molar-refractivity contribution in [2.45, 2.75) is 13.0 Å². The molecule has 2 aromatic carbocycles. The summed E-state index contributed by atoms with van der Waals surface area (Å²) in [7, 11) is 1.58. The molecule has 0 unspecified atom stereocenters. The maximum Gasteiger partial charge on any atom is 0.253 e. The maximum atomic E-state index is 12.6. The molecule has 0 saturated carbocycles. The summed E-state index contributed by atoms with van der Waals surface area (Å²) in [6, 6.07) is 16.4. The summed E-state index contributed by atoms with van der Waals surface area (Å²) in [4.78, 5) is 29.1. The summed E-state index contributed by atoms with van der Waals surface area (Å²) in [5, 5.41) is 2.93. The van der Waals surface area contributed by atoms with Crippen LogP contribution in [0.1, 0.15) is 17.3 Å². The minimum absolute atomic E-state index is 0.0429. The monoisotopic (exact) mass is 367 g/mol. The highest BCUT2D eigenvalue weighted by molar-refractivity contribution is 5.96. The number of nitrogens with one attached hydrogen (secondary N) is 1. The Morgan fingerprint density at radius 3 is 2.26 bits per heavy atom. The molecule has 6 heteroatoms. The molecule has 27 heavy (non-hydrogen) atoms. The highest BCUT2D eigenvalue weighted by Gasteiger charge is 2.28. The standard InChI is InChI=1S/C21H25N3O3/c1-16(20(25)22-18-10-6-7-11-19(18)27-2)23-12-14-24(15-13-23)21(26)17-8-4-3-5-9-17/h3-11,16H,12-15H2,1-2H3,(H,22,25)/t16-/m1/s1. The van der Waals surface area contributed by atoms with Crippen molar-refractivity contribution >= 4 is 17.5 Å². The lowest BCUT2D eigenvalue weighted by Gasteiger charge is -2.37. The number of piperazine rings is 1. The zero-order valence-corrected chi connectivity index (χ0v) is 15.7. The zero-order chi connectivity index (χ0) is 19.2. The van der Waals surface area contributed by atoms with E-state index in [2.05, 4.69) is 10.2 Å². The molecule has 0 aromatic heterocycles. The van der Waals surface area contributed by atoms with E-state index in [4.69, 9.17) is 4.74 Å². The van der Waals surface area contributed by atoms with Crippen LogP contribution in [-0.4, -0.2) is 60.9 Å². The lowest BCUT2D eigenvalue weighted by Crippen LogP contribution is -2.54. The summed E-state index contributed by atoms with van der Waals surface area (Å²) < 4.78 is 5.28. The molecule has 3 rings (SSSR count). The van der Waals surface area contributed by atoms with Gasteiger partial charge in [-0.05, 0) is 31.2 Å². The second-order valence-electron chi connectivity index (χ2n) is 6.56. The zero-order valence-electron chi connectivity index (χ0n) is 15.7. The van der Waals surface area contributed by atoms with Crippen molar-refractivity contribution in [3.63, 3.8) is 0 Å². The van der Waals surface area contributed by atoms with Gasteiger partial charge in [0.05, 0.1) is 18.8 Å². The molecular formula is C21H25N3O3. The topological polar surface area (TPSA) is 61.9 Å². The second-order valence-corrected chi connectivity index (χ2v) is 6.56. The number of carbonyl (C=O) groups excluding carboxylic acids is 2. The predicted octanol–water partition coefficient (Wildman–Crippen LogP) is 2.48. The van der Waals surface area contributed by atoms with E-state index in [1.54, 1.807) is 7.11 Å². The number of rotatable bonds is 5. The van der Waals surface area contributed by atoms with Gasteiger partial charge in [0.2, 0.25) is 5.91 Å². The Balaban J connectivity index is 1.55. The van der Waals surface area contributed by atoms with Gasteiger partial charge in [0.15, 0.2) is 0 Å².